The molecule has 0 aromatic heterocycles. The van der Waals surface area contributed by atoms with Crippen LogP contribution in [0.2, 0.25) is 0 Å². The fourth-order valence-electron chi connectivity index (χ4n) is 3.73. The van der Waals surface area contributed by atoms with Gasteiger partial charge in [0.05, 0.1) is 23.8 Å². The summed E-state index contributed by atoms with van der Waals surface area (Å²) in [6.45, 7) is 2.45. The second kappa shape index (κ2) is 8.60. The summed E-state index contributed by atoms with van der Waals surface area (Å²) in [5.74, 6) is 1.14. The molecule has 0 bridgehead atoms. The van der Waals surface area contributed by atoms with Crippen LogP contribution in [0, 0.1) is 18.3 Å². The average molecular weight is 414 g/mol. The van der Waals surface area contributed by atoms with Crippen molar-refractivity contribution < 1.29 is 19.4 Å². The number of ketones is 1. The first-order valence-corrected chi connectivity index (χ1v) is 9.97. The fourth-order valence-corrected chi connectivity index (χ4v) is 3.73. The van der Waals surface area contributed by atoms with E-state index < -0.39 is 6.23 Å². The van der Waals surface area contributed by atoms with Crippen molar-refractivity contribution in [3.63, 3.8) is 0 Å². The average Bonchev–Trinajstić information content (AvgIpc) is 2.79. The van der Waals surface area contributed by atoms with Gasteiger partial charge in [0.1, 0.15) is 24.3 Å². The number of aliphatic hydroxyl groups is 1. The highest BCUT2D eigenvalue weighted by Gasteiger charge is 2.26. The van der Waals surface area contributed by atoms with Crippen LogP contribution in [-0.4, -0.2) is 17.5 Å². The van der Waals surface area contributed by atoms with Gasteiger partial charge in [-0.1, -0.05) is 30.3 Å². The number of aliphatic hydroxyl groups excluding tert-OH is 1. The molecule has 0 saturated carbocycles. The molecule has 6 nitrogen and oxygen atoms in total. The Morgan fingerprint density at radius 1 is 1.19 bits per heavy atom. The summed E-state index contributed by atoms with van der Waals surface area (Å²) in [7, 11) is 0. The van der Waals surface area contributed by atoms with Crippen molar-refractivity contribution in [1.82, 2.24) is 0 Å². The number of nitriles is 1. The molecule has 0 amide bonds. The van der Waals surface area contributed by atoms with E-state index in [2.05, 4.69) is 6.07 Å². The number of carbonyl (C=O) groups is 1. The molecule has 31 heavy (non-hydrogen) atoms. The molecule has 0 radical (unpaired) electrons. The maximum atomic E-state index is 12.5. The van der Waals surface area contributed by atoms with Crippen LogP contribution in [0.15, 0.2) is 54.6 Å². The third kappa shape index (κ3) is 4.15. The van der Waals surface area contributed by atoms with Gasteiger partial charge in [-0.3, -0.25) is 4.79 Å². The number of hydrogen-bond acceptors (Lipinski definition) is 6. The predicted octanol–water partition coefficient (Wildman–Crippen LogP) is 4.03. The molecule has 156 valence electrons. The van der Waals surface area contributed by atoms with E-state index in [0.29, 0.717) is 46.8 Å². The van der Waals surface area contributed by atoms with E-state index in [1.165, 1.54) is 0 Å². The van der Waals surface area contributed by atoms with E-state index >= 15 is 0 Å². The zero-order valence-corrected chi connectivity index (χ0v) is 17.1. The molecule has 3 aromatic rings. The minimum Gasteiger partial charge on any atom is -0.492 e. The molecule has 0 aliphatic carbocycles. The van der Waals surface area contributed by atoms with Gasteiger partial charge < -0.3 is 20.3 Å². The number of ether oxygens (including phenoxy) is 2. The SMILES string of the molecule is Cc1c2c(cc(-c3cccc([C@H](N)O)c3)c1OCc1cccc(C#N)c1)C(=O)CCO2. The first-order chi connectivity index (χ1) is 15.0. The van der Waals surface area contributed by atoms with Crippen molar-refractivity contribution >= 4 is 5.78 Å². The van der Waals surface area contributed by atoms with Crippen LogP contribution in [0.4, 0.5) is 0 Å². The predicted molar refractivity (Wildman–Crippen MR) is 116 cm³/mol. The van der Waals surface area contributed by atoms with E-state index in [1.807, 2.05) is 25.1 Å². The number of nitrogens with two attached hydrogens (primary N) is 1. The van der Waals surface area contributed by atoms with Gasteiger partial charge in [-0.15, -0.1) is 0 Å². The lowest BCUT2D eigenvalue weighted by molar-refractivity contribution is 0.0932. The summed E-state index contributed by atoms with van der Waals surface area (Å²) in [5, 5.41) is 18.9. The van der Waals surface area contributed by atoms with E-state index in [4.69, 9.17) is 20.5 Å². The molecular formula is C25H22N2O4. The Labute approximate surface area is 180 Å². The Bertz CT molecular complexity index is 1190. The number of nitrogens with zero attached hydrogens (tertiary/aromatic N) is 1. The lowest BCUT2D eigenvalue weighted by Crippen LogP contribution is -2.17. The van der Waals surface area contributed by atoms with Crippen molar-refractivity contribution in [3.8, 4) is 28.7 Å². The van der Waals surface area contributed by atoms with Gasteiger partial charge in [-0.2, -0.15) is 5.26 Å². The highest BCUT2D eigenvalue weighted by atomic mass is 16.5. The van der Waals surface area contributed by atoms with Crippen LogP contribution < -0.4 is 15.2 Å². The molecule has 0 fully saturated rings. The molecule has 6 heteroatoms. The number of rotatable bonds is 5. The summed E-state index contributed by atoms with van der Waals surface area (Å²) in [6, 6.07) is 18.3. The Morgan fingerprint density at radius 2 is 2.00 bits per heavy atom. The van der Waals surface area contributed by atoms with Gasteiger partial charge in [-0.05, 0) is 47.9 Å². The summed E-state index contributed by atoms with van der Waals surface area (Å²) < 4.78 is 12.0. The largest absolute Gasteiger partial charge is 0.492 e. The first-order valence-electron chi connectivity index (χ1n) is 9.97. The van der Waals surface area contributed by atoms with Crippen molar-refractivity contribution in [2.75, 3.05) is 6.61 Å². The van der Waals surface area contributed by atoms with Crippen molar-refractivity contribution in [2.45, 2.75) is 26.2 Å². The first kappa shape index (κ1) is 20.6. The van der Waals surface area contributed by atoms with E-state index in [9.17, 15) is 9.90 Å². The fraction of sp³-hybridized carbons (Fsp3) is 0.200. The van der Waals surface area contributed by atoms with Crippen molar-refractivity contribution in [3.05, 3.63) is 82.4 Å². The van der Waals surface area contributed by atoms with Crippen molar-refractivity contribution in [2.24, 2.45) is 5.73 Å². The quantitative estimate of drug-likeness (QED) is 0.611. The van der Waals surface area contributed by atoms with E-state index in [-0.39, 0.29) is 12.4 Å². The van der Waals surface area contributed by atoms with Gasteiger partial charge >= 0.3 is 0 Å². The molecular weight excluding hydrogens is 392 g/mol. The van der Waals surface area contributed by atoms with Gasteiger partial charge in [0, 0.05) is 17.5 Å². The minimum absolute atomic E-state index is 0.0221. The Kier molecular flexibility index (Phi) is 5.72. The molecule has 3 aromatic carbocycles. The summed E-state index contributed by atoms with van der Waals surface area (Å²) >= 11 is 0. The van der Waals surface area contributed by atoms with E-state index in [1.54, 1.807) is 36.4 Å². The minimum atomic E-state index is -1.11. The maximum Gasteiger partial charge on any atom is 0.170 e. The highest BCUT2D eigenvalue weighted by Crippen LogP contribution is 2.43. The Balaban J connectivity index is 1.81. The second-order valence-corrected chi connectivity index (χ2v) is 7.45. The number of benzene rings is 3. The van der Waals surface area contributed by atoms with Gasteiger partial charge in [-0.25, -0.2) is 0 Å². The molecule has 0 spiro atoms. The third-order valence-corrected chi connectivity index (χ3v) is 5.31. The number of fused-ring (bicyclic) bond motifs is 1. The highest BCUT2D eigenvalue weighted by molar-refractivity contribution is 6.02. The molecule has 1 heterocycles. The van der Waals surface area contributed by atoms with Crippen LogP contribution >= 0.6 is 0 Å². The zero-order chi connectivity index (χ0) is 22.0. The lowest BCUT2D eigenvalue weighted by Gasteiger charge is -2.23. The van der Waals surface area contributed by atoms with Crippen LogP contribution in [0.5, 0.6) is 11.5 Å². The van der Waals surface area contributed by atoms with E-state index in [0.717, 1.165) is 16.7 Å². The summed E-state index contributed by atoms with van der Waals surface area (Å²) in [5.41, 5.74) is 10.4. The molecule has 1 atom stereocenters. The molecule has 3 N–H and O–H groups in total. The molecule has 4 rings (SSSR count). The van der Waals surface area contributed by atoms with Crippen molar-refractivity contribution in [1.29, 1.82) is 5.26 Å². The van der Waals surface area contributed by atoms with Gasteiger partial charge in [0.2, 0.25) is 0 Å². The monoisotopic (exact) mass is 414 g/mol. The molecule has 0 unspecified atom stereocenters. The summed E-state index contributed by atoms with van der Waals surface area (Å²) in [4.78, 5) is 12.5. The van der Waals surface area contributed by atoms with Crippen LogP contribution in [-0.2, 0) is 6.61 Å². The van der Waals surface area contributed by atoms with Crippen LogP contribution in [0.25, 0.3) is 11.1 Å². The lowest BCUT2D eigenvalue weighted by atomic mass is 9.93. The van der Waals surface area contributed by atoms with Gasteiger partial charge in [0.15, 0.2) is 5.78 Å². The zero-order valence-electron chi connectivity index (χ0n) is 17.1. The normalized spacial score (nSPS) is 13.7. The topological polar surface area (TPSA) is 106 Å². The Hall–Kier alpha value is -3.66. The van der Waals surface area contributed by atoms with Gasteiger partial charge in [0.25, 0.3) is 0 Å². The Morgan fingerprint density at radius 3 is 2.77 bits per heavy atom. The van der Waals surface area contributed by atoms with Crippen LogP contribution in [0.3, 0.4) is 0 Å². The van der Waals surface area contributed by atoms with Crippen LogP contribution in [0.1, 0.15) is 45.3 Å². The molecule has 1 aliphatic rings. The third-order valence-electron chi connectivity index (χ3n) is 5.31. The molecule has 0 saturated heterocycles. The standard InChI is InChI=1S/C25H22N2O4/c1-15-23(31-14-17-5-2-4-16(10-17)13-26)20(12-21-22(28)8-9-30-24(15)21)18-6-3-7-19(11-18)25(27)29/h2-7,10-12,25,29H,8-9,14,27H2,1H3/t25-/m1/s1. The summed E-state index contributed by atoms with van der Waals surface area (Å²) in [6.07, 6.45) is -0.782. The number of carbonyl (C=O) groups excluding carboxylic acids is 1. The number of hydrogen-bond donors (Lipinski definition) is 2. The number of Topliss-reactive ketones (excluding diaryl/α,β-unsaturated/α-hetero) is 1. The second-order valence-electron chi connectivity index (χ2n) is 7.45. The maximum absolute atomic E-state index is 12.5. The molecule has 1 aliphatic heterocycles. The smallest absolute Gasteiger partial charge is 0.170 e.